The fourth-order valence-electron chi connectivity index (χ4n) is 9.54. The van der Waals surface area contributed by atoms with Gasteiger partial charge in [-0.2, -0.15) is 0 Å². The summed E-state index contributed by atoms with van der Waals surface area (Å²) in [7, 11) is 0. The number of para-hydroxylation sites is 2. The topological polar surface area (TPSA) is 35.6 Å². The van der Waals surface area contributed by atoms with E-state index in [1.54, 1.807) is 0 Å². The van der Waals surface area contributed by atoms with Gasteiger partial charge in [-0.25, -0.2) is 0 Å². The van der Waals surface area contributed by atoms with Crippen LogP contribution < -0.4 is 0 Å². The third-order valence-electron chi connectivity index (χ3n) is 12.3. The summed E-state index contributed by atoms with van der Waals surface area (Å²) >= 11 is 0. The molecule has 3 unspecified atom stereocenters. The first-order chi connectivity index (χ1) is 26.6. The first-order valence-corrected chi connectivity index (χ1v) is 19.1. The van der Waals surface area contributed by atoms with Gasteiger partial charge in [0, 0.05) is 63.9 Å². The van der Waals surface area contributed by atoms with Crippen LogP contribution in [-0.2, 0) is 6.42 Å². The number of nitrogens with zero attached hydrogens (tertiary/aromatic N) is 4. The van der Waals surface area contributed by atoms with Crippen molar-refractivity contribution in [2.45, 2.75) is 38.0 Å². The quantitative estimate of drug-likeness (QED) is 0.184. The fraction of sp³-hybridized carbons (Fsp3) is 0.120. The lowest BCUT2D eigenvalue weighted by molar-refractivity contribution is 0.619. The summed E-state index contributed by atoms with van der Waals surface area (Å²) in [5, 5.41) is 3.93. The zero-order chi connectivity index (χ0) is 35.9. The standard InChI is InChI=1S/C50H38N4/c1-31-32(2)49-39(15-16-40-43-27-35(33-19-23-51-24-20-33)14-18-47(43)54(50(40)49)38-11-7-4-8-12-38)42-30-48-45(29-41(31)42)44-28-36(34-21-25-52-26-22-34)13-17-46(44)53(48)37-9-5-3-6-10-37/h3-26,28-32,35H,27H2,1-2H3. The predicted octanol–water partition coefficient (Wildman–Crippen LogP) is 12.4. The molecule has 0 saturated heterocycles. The van der Waals surface area contributed by atoms with E-state index in [1.165, 1.54) is 94.3 Å². The highest BCUT2D eigenvalue weighted by atomic mass is 15.0. The van der Waals surface area contributed by atoms with Gasteiger partial charge in [-0.15, -0.1) is 0 Å². The largest absolute Gasteiger partial charge is 0.309 e. The maximum Gasteiger partial charge on any atom is 0.0578 e. The van der Waals surface area contributed by atoms with Crippen molar-refractivity contribution in [3.05, 3.63) is 186 Å². The van der Waals surface area contributed by atoms with Crippen LogP contribution in [0.5, 0.6) is 0 Å². The Balaban J connectivity index is 1.19. The molecule has 0 radical (unpaired) electrons. The van der Waals surface area contributed by atoms with E-state index in [4.69, 9.17) is 0 Å². The van der Waals surface area contributed by atoms with E-state index < -0.39 is 0 Å². The van der Waals surface area contributed by atoms with Crippen LogP contribution in [0.2, 0.25) is 0 Å². The van der Waals surface area contributed by atoms with Gasteiger partial charge in [-0.05, 0) is 142 Å². The number of hydrogen-bond acceptors (Lipinski definition) is 2. The molecule has 258 valence electrons. The molecule has 4 heterocycles. The van der Waals surface area contributed by atoms with Crippen LogP contribution in [-0.4, -0.2) is 19.1 Å². The number of benzene rings is 5. The number of fused-ring (bicyclic) bond motifs is 10. The van der Waals surface area contributed by atoms with Gasteiger partial charge in [0.05, 0.1) is 16.6 Å². The Bertz CT molecular complexity index is 2920. The molecule has 3 atom stereocenters. The predicted molar refractivity (Wildman–Crippen MR) is 223 cm³/mol. The van der Waals surface area contributed by atoms with Crippen LogP contribution in [0.4, 0.5) is 0 Å². The minimum atomic E-state index is 0.308. The Morgan fingerprint density at radius 2 is 1.24 bits per heavy atom. The molecule has 9 aromatic rings. The van der Waals surface area contributed by atoms with Gasteiger partial charge in [-0.3, -0.25) is 9.97 Å². The summed E-state index contributed by atoms with van der Waals surface area (Å²) in [5.41, 5.74) is 18.1. The molecule has 0 aliphatic heterocycles. The Morgan fingerprint density at radius 1 is 0.556 bits per heavy atom. The summed E-state index contributed by atoms with van der Waals surface area (Å²) in [4.78, 5) is 8.57. The van der Waals surface area contributed by atoms with Crippen LogP contribution in [0, 0.1) is 0 Å². The summed E-state index contributed by atoms with van der Waals surface area (Å²) in [5.74, 6) is 0.940. The van der Waals surface area contributed by atoms with Gasteiger partial charge in [0.15, 0.2) is 0 Å². The zero-order valence-corrected chi connectivity index (χ0v) is 30.3. The van der Waals surface area contributed by atoms with E-state index in [0.29, 0.717) is 17.8 Å². The smallest absolute Gasteiger partial charge is 0.0578 e. The molecule has 0 N–H and O–H groups in total. The van der Waals surface area contributed by atoms with Crippen molar-refractivity contribution in [1.29, 1.82) is 0 Å². The second-order valence-electron chi connectivity index (χ2n) is 15.1. The number of aromatic nitrogens is 4. The second kappa shape index (κ2) is 12.0. The molecule has 0 spiro atoms. The fourth-order valence-corrected chi connectivity index (χ4v) is 9.54. The summed E-state index contributed by atoms with van der Waals surface area (Å²) < 4.78 is 5.01. The lowest BCUT2D eigenvalue weighted by Gasteiger charge is -2.33. The van der Waals surface area contributed by atoms with E-state index in [-0.39, 0.29) is 0 Å². The highest BCUT2D eigenvalue weighted by Crippen LogP contribution is 2.53. The van der Waals surface area contributed by atoms with Crippen molar-refractivity contribution < 1.29 is 0 Å². The molecule has 0 fully saturated rings. The van der Waals surface area contributed by atoms with E-state index in [9.17, 15) is 0 Å². The maximum absolute atomic E-state index is 4.30. The van der Waals surface area contributed by atoms with Crippen LogP contribution in [0.1, 0.15) is 59.5 Å². The van der Waals surface area contributed by atoms with Gasteiger partial charge < -0.3 is 9.13 Å². The molecule has 2 aliphatic rings. The molecule has 5 aromatic carbocycles. The Hall–Kier alpha value is -6.52. The molecule has 0 bridgehead atoms. The molecular formula is C50H38N4. The average Bonchev–Trinajstić information content (AvgIpc) is 3.75. The van der Waals surface area contributed by atoms with Crippen molar-refractivity contribution in [2.75, 3.05) is 0 Å². The molecule has 4 aromatic heterocycles. The maximum atomic E-state index is 4.30. The molecule has 54 heavy (non-hydrogen) atoms. The van der Waals surface area contributed by atoms with Crippen molar-refractivity contribution in [3.63, 3.8) is 0 Å². The van der Waals surface area contributed by atoms with Crippen LogP contribution in [0.25, 0.3) is 72.4 Å². The summed E-state index contributed by atoms with van der Waals surface area (Å²) in [6, 6.07) is 47.1. The lowest BCUT2D eigenvalue weighted by atomic mass is 9.72. The molecule has 0 saturated carbocycles. The minimum Gasteiger partial charge on any atom is -0.309 e. The van der Waals surface area contributed by atoms with Crippen molar-refractivity contribution in [1.82, 2.24) is 19.1 Å². The first-order valence-electron chi connectivity index (χ1n) is 19.1. The zero-order valence-electron chi connectivity index (χ0n) is 30.3. The molecular weight excluding hydrogens is 657 g/mol. The van der Waals surface area contributed by atoms with Crippen LogP contribution in [0.3, 0.4) is 0 Å². The van der Waals surface area contributed by atoms with E-state index in [0.717, 1.165) is 6.42 Å². The monoisotopic (exact) mass is 694 g/mol. The highest BCUT2D eigenvalue weighted by molar-refractivity contribution is 6.12. The molecule has 4 heteroatoms. The summed E-state index contributed by atoms with van der Waals surface area (Å²) in [6.07, 6.45) is 13.3. The van der Waals surface area contributed by atoms with Gasteiger partial charge >= 0.3 is 0 Å². The van der Waals surface area contributed by atoms with E-state index in [1.807, 2.05) is 24.8 Å². The second-order valence-corrected chi connectivity index (χ2v) is 15.1. The Kier molecular flexibility index (Phi) is 6.90. The highest BCUT2D eigenvalue weighted by Gasteiger charge is 2.34. The van der Waals surface area contributed by atoms with Crippen molar-refractivity contribution in [2.24, 2.45) is 0 Å². The van der Waals surface area contributed by atoms with Crippen LogP contribution >= 0.6 is 0 Å². The van der Waals surface area contributed by atoms with Crippen molar-refractivity contribution in [3.8, 4) is 33.6 Å². The Labute approximate surface area is 314 Å². The van der Waals surface area contributed by atoms with Gasteiger partial charge in [0.1, 0.15) is 0 Å². The molecule has 11 rings (SSSR count). The van der Waals surface area contributed by atoms with E-state index >= 15 is 0 Å². The number of rotatable bonds is 4. The lowest BCUT2D eigenvalue weighted by Crippen LogP contribution is -2.15. The molecule has 0 amide bonds. The molecule has 4 nitrogen and oxygen atoms in total. The third-order valence-corrected chi connectivity index (χ3v) is 12.3. The van der Waals surface area contributed by atoms with Gasteiger partial charge in [0.2, 0.25) is 0 Å². The van der Waals surface area contributed by atoms with Crippen molar-refractivity contribution >= 4 is 38.8 Å². The number of hydrogen-bond donors (Lipinski definition) is 0. The number of pyridine rings is 2. The summed E-state index contributed by atoms with van der Waals surface area (Å²) in [6.45, 7) is 4.88. The Morgan fingerprint density at radius 3 is 1.98 bits per heavy atom. The van der Waals surface area contributed by atoms with Gasteiger partial charge in [-0.1, -0.05) is 74.5 Å². The normalized spacial score (nSPS) is 17.5. The minimum absolute atomic E-state index is 0.308. The third kappa shape index (κ3) is 4.56. The average molecular weight is 695 g/mol. The number of allylic oxidation sites excluding steroid dienone is 1. The first kappa shape index (κ1) is 31.0. The van der Waals surface area contributed by atoms with Gasteiger partial charge in [0.25, 0.3) is 0 Å². The van der Waals surface area contributed by atoms with E-state index in [2.05, 4.69) is 172 Å². The SMILES string of the molecule is CC1c2cc3c4cc(-c5ccncc5)ccc4n(-c4ccccc4)c3cc2-c2ccc3c4c(n(-c5ccccc5)c3c2C1C)C=CC(c1ccncc1)C4. The van der Waals surface area contributed by atoms with Crippen LogP contribution in [0.15, 0.2) is 158 Å². The molecule has 2 aliphatic carbocycles.